The largest absolute Gasteiger partial charge is 0.494 e. The lowest BCUT2D eigenvalue weighted by molar-refractivity contribution is -0.135. The van der Waals surface area contributed by atoms with Gasteiger partial charge in [0, 0.05) is 37.4 Å². The maximum Gasteiger partial charge on any atom is 0.222 e. The van der Waals surface area contributed by atoms with Crippen LogP contribution in [0, 0.1) is 6.92 Å². The highest BCUT2D eigenvalue weighted by atomic mass is 35.5. The molecular weight excluding hydrogens is 450 g/mol. The fourth-order valence-corrected chi connectivity index (χ4v) is 5.26. The Labute approximate surface area is 204 Å². The molecule has 176 valence electrons. The Morgan fingerprint density at radius 2 is 1.85 bits per heavy atom. The summed E-state index contributed by atoms with van der Waals surface area (Å²) in [5.74, 6) is 1.66. The second-order valence-corrected chi connectivity index (χ2v) is 9.76. The number of carbonyl (C=O) groups is 2. The van der Waals surface area contributed by atoms with Crippen molar-refractivity contribution in [3.63, 3.8) is 0 Å². The third kappa shape index (κ3) is 4.62. The van der Waals surface area contributed by atoms with Gasteiger partial charge in [-0.2, -0.15) is 0 Å². The molecule has 3 aromatic rings. The molecule has 0 saturated carbocycles. The lowest BCUT2D eigenvalue weighted by atomic mass is 9.82. The van der Waals surface area contributed by atoms with E-state index in [2.05, 4.69) is 12.1 Å². The number of rotatable bonds is 5. The average Bonchev–Trinajstić information content (AvgIpc) is 2.83. The zero-order valence-corrected chi connectivity index (χ0v) is 20.1. The molecule has 0 bridgehead atoms. The number of halogens is 1. The first-order chi connectivity index (χ1) is 16.4. The molecule has 5 rings (SSSR count). The van der Waals surface area contributed by atoms with E-state index >= 15 is 0 Å². The van der Waals surface area contributed by atoms with Crippen LogP contribution in [0.1, 0.15) is 48.0 Å². The Hall–Kier alpha value is -3.05. The van der Waals surface area contributed by atoms with Gasteiger partial charge in [-0.25, -0.2) is 0 Å². The molecular formula is C28H28ClNO4. The van der Waals surface area contributed by atoms with Gasteiger partial charge in [-0.1, -0.05) is 41.9 Å². The molecule has 6 heteroatoms. The zero-order chi connectivity index (χ0) is 23.7. The van der Waals surface area contributed by atoms with Crippen LogP contribution in [0.3, 0.4) is 0 Å². The van der Waals surface area contributed by atoms with Crippen LogP contribution in [0.4, 0.5) is 0 Å². The van der Waals surface area contributed by atoms with Crippen molar-refractivity contribution in [1.29, 1.82) is 0 Å². The van der Waals surface area contributed by atoms with Crippen LogP contribution in [-0.4, -0.2) is 41.9 Å². The Morgan fingerprint density at radius 3 is 2.65 bits per heavy atom. The number of fused-ring (bicyclic) bond motifs is 2. The number of hydrogen-bond acceptors (Lipinski definition) is 4. The molecule has 2 aliphatic heterocycles. The summed E-state index contributed by atoms with van der Waals surface area (Å²) in [7, 11) is 0. The van der Waals surface area contributed by atoms with Crippen molar-refractivity contribution in [3.8, 4) is 11.5 Å². The van der Waals surface area contributed by atoms with E-state index in [0.29, 0.717) is 68.1 Å². The second-order valence-electron chi connectivity index (χ2n) is 9.33. The summed E-state index contributed by atoms with van der Waals surface area (Å²) in [4.78, 5) is 27.5. The smallest absolute Gasteiger partial charge is 0.222 e. The summed E-state index contributed by atoms with van der Waals surface area (Å²) >= 11 is 6.13. The SMILES string of the molecule is Cc1cc(Cl)cc2c1OC1(CCN(C(=O)CCCOc3ccc4ccccc4c3)CC1)CC2=O. The van der Waals surface area contributed by atoms with E-state index in [0.717, 1.165) is 16.7 Å². The highest BCUT2D eigenvalue weighted by Crippen LogP contribution is 2.42. The predicted octanol–water partition coefficient (Wildman–Crippen LogP) is 5.99. The van der Waals surface area contributed by atoms with Crippen molar-refractivity contribution >= 4 is 34.1 Å². The third-order valence-corrected chi connectivity index (χ3v) is 7.11. The van der Waals surface area contributed by atoms with E-state index in [1.165, 1.54) is 5.39 Å². The Balaban J connectivity index is 1.11. The first-order valence-corrected chi connectivity index (χ1v) is 12.2. The molecule has 1 saturated heterocycles. The van der Waals surface area contributed by atoms with Gasteiger partial charge in [-0.15, -0.1) is 0 Å². The topological polar surface area (TPSA) is 55.8 Å². The van der Waals surface area contributed by atoms with E-state index in [9.17, 15) is 9.59 Å². The Kier molecular flexibility index (Phi) is 6.22. The maximum absolute atomic E-state index is 12.8. The van der Waals surface area contributed by atoms with Gasteiger partial charge in [0.1, 0.15) is 17.1 Å². The summed E-state index contributed by atoms with van der Waals surface area (Å²) in [6.07, 6.45) is 2.75. The molecule has 2 aliphatic rings. The molecule has 3 aromatic carbocycles. The van der Waals surface area contributed by atoms with E-state index in [4.69, 9.17) is 21.1 Å². The number of likely N-dealkylation sites (tertiary alicyclic amines) is 1. The normalized spacial score (nSPS) is 16.9. The van der Waals surface area contributed by atoms with Gasteiger partial charge in [0.25, 0.3) is 0 Å². The third-order valence-electron chi connectivity index (χ3n) is 6.89. The fourth-order valence-electron chi connectivity index (χ4n) is 4.98. The van der Waals surface area contributed by atoms with Gasteiger partial charge in [-0.05, 0) is 53.9 Å². The number of carbonyl (C=O) groups excluding carboxylic acids is 2. The first-order valence-electron chi connectivity index (χ1n) is 11.8. The molecule has 0 aliphatic carbocycles. The highest BCUT2D eigenvalue weighted by Gasteiger charge is 2.44. The van der Waals surface area contributed by atoms with Crippen molar-refractivity contribution in [2.24, 2.45) is 0 Å². The summed E-state index contributed by atoms with van der Waals surface area (Å²) in [5.41, 5.74) is 0.916. The zero-order valence-electron chi connectivity index (χ0n) is 19.3. The van der Waals surface area contributed by atoms with Crippen molar-refractivity contribution in [2.75, 3.05) is 19.7 Å². The number of nitrogens with zero attached hydrogens (tertiary/aromatic N) is 1. The highest BCUT2D eigenvalue weighted by molar-refractivity contribution is 6.31. The van der Waals surface area contributed by atoms with Crippen LogP contribution < -0.4 is 9.47 Å². The van der Waals surface area contributed by atoms with Gasteiger partial charge in [-0.3, -0.25) is 9.59 Å². The number of Topliss-reactive ketones (excluding diaryl/α,β-unsaturated/α-hetero) is 1. The molecule has 1 amide bonds. The van der Waals surface area contributed by atoms with Gasteiger partial charge in [0.15, 0.2) is 5.78 Å². The number of hydrogen-bond donors (Lipinski definition) is 0. The maximum atomic E-state index is 12.8. The van der Waals surface area contributed by atoms with Gasteiger partial charge >= 0.3 is 0 Å². The molecule has 0 N–H and O–H groups in total. The minimum Gasteiger partial charge on any atom is -0.494 e. The summed E-state index contributed by atoms with van der Waals surface area (Å²) in [6, 6.07) is 17.7. The number of piperidine rings is 1. The lowest BCUT2D eigenvalue weighted by Gasteiger charge is -2.44. The van der Waals surface area contributed by atoms with Gasteiger partial charge < -0.3 is 14.4 Å². The minimum atomic E-state index is -0.529. The van der Waals surface area contributed by atoms with Crippen LogP contribution in [0.5, 0.6) is 11.5 Å². The predicted molar refractivity (Wildman–Crippen MR) is 133 cm³/mol. The summed E-state index contributed by atoms with van der Waals surface area (Å²) in [5, 5.41) is 2.87. The van der Waals surface area contributed by atoms with Crippen LogP contribution in [0.15, 0.2) is 54.6 Å². The molecule has 0 aromatic heterocycles. The number of amides is 1. The fraction of sp³-hybridized carbons (Fsp3) is 0.357. The van der Waals surface area contributed by atoms with Crippen molar-refractivity contribution in [2.45, 2.75) is 44.6 Å². The molecule has 0 atom stereocenters. The Morgan fingerprint density at radius 1 is 1.09 bits per heavy atom. The van der Waals surface area contributed by atoms with Crippen LogP contribution in [0.25, 0.3) is 10.8 Å². The quantitative estimate of drug-likeness (QED) is 0.424. The standard InChI is InChI=1S/C28H28ClNO4/c1-19-15-22(29)17-24-25(31)18-28(34-27(19)24)10-12-30(13-11-28)26(32)7-4-14-33-23-9-8-20-5-2-3-6-21(20)16-23/h2-3,5-6,8-9,15-17H,4,7,10-14,18H2,1H3. The molecule has 1 fully saturated rings. The minimum absolute atomic E-state index is 0.0671. The van der Waals surface area contributed by atoms with Crippen LogP contribution in [0.2, 0.25) is 5.02 Å². The van der Waals surface area contributed by atoms with Gasteiger partial charge in [0.05, 0.1) is 18.6 Å². The van der Waals surface area contributed by atoms with E-state index in [-0.39, 0.29) is 11.7 Å². The molecule has 0 unspecified atom stereocenters. The number of aryl methyl sites for hydroxylation is 1. The van der Waals surface area contributed by atoms with Crippen molar-refractivity contribution in [1.82, 2.24) is 4.90 Å². The van der Waals surface area contributed by atoms with Crippen molar-refractivity contribution in [3.05, 3.63) is 70.7 Å². The summed E-state index contributed by atoms with van der Waals surface area (Å²) in [6.45, 7) is 3.60. The molecule has 0 radical (unpaired) electrons. The first kappa shape index (κ1) is 22.7. The summed E-state index contributed by atoms with van der Waals surface area (Å²) < 4.78 is 12.3. The van der Waals surface area contributed by atoms with Crippen molar-refractivity contribution < 1.29 is 19.1 Å². The molecule has 5 nitrogen and oxygen atoms in total. The Bertz CT molecular complexity index is 1250. The van der Waals surface area contributed by atoms with Crippen LogP contribution >= 0.6 is 11.6 Å². The van der Waals surface area contributed by atoms with Crippen LogP contribution in [-0.2, 0) is 4.79 Å². The molecule has 1 spiro atoms. The molecule has 34 heavy (non-hydrogen) atoms. The van der Waals surface area contributed by atoms with E-state index < -0.39 is 5.60 Å². The number of ketones is 1. The van der Waals surface area contributed by atoms with E-state index in [1.807, 2.05) is 48.2 Å². The molecule has 2 heterocycles. The average molecular weight is 478 g/mol. The van der Waals surface area contributed by atoms with E-state index in [1.54, 1.807) is 6.07 Å². The number of benzene rings is 3. The monoisotopic (exact) mass is 477 g/mol. The van der Waals surface area contributed by atoms with Gasteiger partial charge in [0.2, 0.25) is 5.91 Å². The lowest BCUT2D eigenvalue weighted by Crippen LogP contribution is -2.52. The second kappa shape index (κ2) is 9.30. The number of ether oxygens (including phenoxy) is 2.